The van der Waals surface area contributed by atoms with Crippen LogP contribution >= 0.6 is 11.6 Å². The van der Waals surface area contributed by atoms with E-state index >= 15 is 0 Å². The van der Waals surface area contributed by atoms with Crippen LogP contribution in [0, 0.1) is 0 Å². The molecule has 1 heterocycles. The number of carbonyl (C=O) groups excluding carboxylic acids is 1. The fraction of sp³-hybridized carbons (Fsp3) is 0.278. The molecule has 1 amide bonds. The van der Waals surface area contributed by atoms with E-state index < -0.39 is 0 Å². The third-order valence-corrected chi connectivity index (χ3v) is 4.63. The van der Waals surface area contributed by atoms with Crippen molar-refractivity contribution in [2.45, 2.75) is 25.3 Å². The average molecular weight is 357 g/mol. The number of fused-ring (bicyclic) bond motifs is 2. The maximum Gasteiger partial charge on any atom is 0.261 e. The minimum absolute atomic E-state index is 0.0305. The fourth-order valence-corrected chi connectivity index (χ4v) is 3.39. The maximum atomic E-state index is 12.3. The maximum absolute atomic E-state index is 12.3. The first-order valence-corrected chi connectivity index (χ1v) is 8.60. The molecule has 1 aliphatic carbocycles. The Morgan fingerprint density at radius 2 is 2.20 bits per heavy atom. The molecule has 1 unspecified atom stereocenters. The Bertz CT molecular complexity index is 924. The number of nitrogens with zero attached hydrogens (tertiary/aromatic N) is 3. The van der Waals surface area contributed by atoms with Crippen LogP contribution in [0.4, 0.5) is 0 Å². The number of hydrogen-bond acceptors (Lipinski definition) is 4. The monoisotopic (exact) mass is 356 g/mol. The summed E-state index contributed by atoms with van der Waals surface area (Å²) in [7, 11) is 0. The van der Waals surface area contributed by atoms with Crippen molar-refractivity contribution in [2.24, 2.45) is 0 Å². The summed E-state index contributed by atoms with van der Waals surface area (Å²) in [5.41, 5.74) is 3.78. The van der Waals surface area contributed by atoms with Gasteiger partial charge in [-0.25, -0.2) is 0 Å². The first-order valence-electron chi connectivity index (χ1n) is 8.22. The zero-order chi connectivity index (χ0) is 17.2. The second-order valence-electron chi connectivity index (χ2n) is 6.08. The van der Waals surface area contributed by atoms with Crippen LogP contribution in [-0.2, 0) is 11.2 Å². The van der Waals surface area contributed by atoms with Gasteiger partial charge in [0.15, 0.2) is 6.61 Å². The Hall–Kier alpha value is -2.60. The molecule has 0 bridgehead atoms. The van der Waals surface area contributed by atoms with Gasteiger partial charge in [-0.3, -0.25) is 4.79 Å². The number of halogens is 1. The van der Waals surface area contributed by atoms with Gasteiger partial charge in [-0.1, -0.05) is 40.7 Å². The summed E-state index contributed by atoms with van der Waals surface area (Å²) in [6.07, 6.45) is 3.06. The van der Waals surface area contributed by atoms with Crippen molar-refractivity contribution in [1.29, 1.82) is 0 Å². The Kier molecular flexibility index (Phi) is 4.28. The highest BCUT2D eigenvalue weighted by Crippen LogP contribution is 2.29. The largest absolute Gasteiger partial charge is 0.385 e. The van der Waals surface area contributed by atoms with Crippen LogP contribution in [-0.4, -0.2) is 27.7 Å². The van der Waals surface area contributed by atoms with E-state index in [2.05, 4.69) is 27.8 Å². The second kappa shape index (κ2) is 6.72. The number of aromatic nitrogens is 3. The first-order chi connectivity index (χ1) is 12.2. The molecule has 2 aromatic carbocycles. The molecule has 25 heavy (non-hydrogen) atoms. The van der Waals surface area contributed by atoms with Crippen LogP contribution in [0.25, 0.3) is 11.0 Å². The van der Waals surface area contributed by atoms with Crippen molar-refractivity contribution in [2.75, 3.05) is 6.61 Å². The van der Waals surface area contributed by atoms with Crippen molar-refractivity contribution < 1.29 is 9.63 Å². The number of benzene rings is 2. The molecule has 0 fully saturated rings. The first kappa shape index (κ1) is 15.9. The van der Waals surface area contributed by atoms with Crippen LogP contribution in [0.3, 0.4) is 0 Å². The van der Waals surface area contributed by atoms with Crippen molar-refractivity contribution in [3.05, 3.63) is 58.6 Å². The SMILES string of the molecule is O=C(COn1nnc2ccc(Cl)cc21)NC1CCCc2ccccc21. The Labute approximate surface area is 149 Å². The van der Waals surface area contributed by atoms with Crippen molar-refractivity contribution in [3.8, 4) is 0 Å². The lowest BCUT2D eigenvalue weighted by atomic mass is 9.88. The molecule has 6 nitrogen and oxygen atoms in total. The highest BCUT2D eigenvalue weighted by Gasteiger charge is 2.21. The van der Waals surface area contributed by atoms with Crippen LogP contribution < -0.4 is 10.2 Å². The second-order valence-corrected chi connectivity index (χ2v) is 6.52. The van der Waals surface area contributed by atoms with Gasteiger partial charge in [-0.2, -0.15) is 0 Å². The number of amides is 1. The van der Waals surface area contributed by atoms with E-state index in [0.29, 0.717) is 16.1 Å². The van der Waals surface area contributed by atoms with Gasteiger partial charge in [0, 0.05) is 5.02 Å². The molecule has 1 aliphatic rings. The molecule has 0 aliphatic heterocycles. The van der Waals surface area contributed by atoms with Gasteiger partial charge in [0.2, 0.25) is 0 Å². The summed E-state index contributed by atoms with van der Waals surface area (Å²) >= 11 is 5.98. The zero-order valence-corrected chi connectivity index (χ0v) is 14.2. The highest BCUT2D eigenvalue weighted by molar-refractivity contribution is 6.31. The molecule has 128 valence electrons. The predicted molar refractivity (Wildman–Crippen MR) is 94.2 cm³/mol. The molecule has 0 saturated heterocycles. The summed E-state index contributed by atoms with van der Waals surface area (Å²) in [6.45, 7) is -0.135. The summed E-state index contributed by atoms with van der Waals surface area (Å²) in [4.78, 5) is 19.0. The lowest BCUT2D eigenvalue weighted by Gasteiger charge is -2.26. The topological polar surface area (TPSA) is 69.0 Å². The van der Waals surface area contributed by atoms with E-state index in [1.165, 1.54) is 16.0 Å². The molecule has 0 saturated carbocycles. The van der Waals surface area contributed by atoms with Crippen LogP contribution in [0.2, 0.25) is 5.02 Å². The lowest BCUT2D eigenvalue weighted by Crippen LogP contribution is -2.36. The third kappa shape index (κ3) is 3.30. The summed E-state index contributed by atoms with van der Waals surface area (Å²) < 4.78 is 0. The fourth-order valence-electron chi connectivity index (χ4n) is 3.23. The molecule has 1 aromatic heterocycles. The minimum Gasteiger partial charge on any atom is -0.385 e. The Morgan fingerprint density at radius 3 is 3.12 bits per heavy atom. The van der Waals surface area contributed by atoms with Gasteiger partial charge in [0.25, 0.3) is 5.91 Å². The van der Waals surface area contributed by atoms with E-state index in [4.69, 9.17) is 16.4 Å². The van der Waals surface area contributed by atoms with Gasteiger partial charge in [-0.15, -0.1) is 5.10 Å². The van der Waals surface area contributed by atoms with Gasteiger partial charge in [0.1, 0.15) is 11.0 Å². The number of rotatable bonds is 4. The molecule has 0 radical (unpaired) electrons. The van der Waals surface area contributed by atoms with E-state index in [0.717, 1.165) is 19.3 Å². The molecule has 3 aromatic rings. The molecule has 1 N–H and O–H groups in total. The van der Waals surface area contributed by atoms with E-state index in [9.17, 15) is 4.79 Å². The average Bonchev–Trinajstić information content (AvgIpc) is 3.02. The number of hydrogen-bond donors (Lipinski definition) is 1. The highest BCUT2D eigenvalue weighted by atomic mass is 35.5. The molecule has 7 heteroatoms. The predicted octanol–water partition coefficient (Wildman–Crippen LogP) is 2.71. The Morgan fingerprint density at radius 1 is 1.32 bits per heavy atom. The van der Waals surface area contributed by atoms with Gasteiger partial charge >= 0.3 is 0 Å². The van der Waals surface area contributed by atoms with Gasteiger partial charge in [0.05, 0.1) is 6.04 Å². The van der Waals surface area contributed by atoms with E-state index in [-0.39, 0.29) is 18.6 Å². The van der Waals surface area contributed by atoms with Crippen LogP contribution in [0.5, 0.6) is 0 Å². The van der Waals surface area contributed by atoms with Crippen LogP contribution in [0.1, 0.15) is 30.0 Å². The summed E-state index contributed by atoms with van der Waals surface area (Å²) in [5.74, 6) is -0.188. The number of nitrogens with one attached hydrogen (secondary N) is 1. The van der Waals surface area contributed by atoms with Crippen molar-refractivity contribution >= 4 is 28.5 Å². The van der Waals surface area contributed by atoms with Gasteiger partial charge < -0.3 is 10.2 Å². The van der Waals surface area contributed by atoms with E-state index in [1.807, 2.05) is 12.1 Å². The smallest absolute Gasteiger partial charge is 0.261 e. The summed E-state index contributed by atoms with van der Waals surface area (Å²) in [6, 6.07) is 13.5. The zero-order valence-electron chi connectivity index (χ0n) is 13.5. The number of aryl methyl sites for hydroxylation is 1. The molecular weight excluding hydrogens is 340 g/mol. The van der Waals surface area contributed by atoms with Crippen molar-refractivity contribution in [3.63, 3.8) is 0 Å². The van der Waals surface area contributed by atoms with Crippen LogP contribution in [0.15, 0.2) is 42.5 Å². The third-order valence-electron chi connectivity index (χ3n) is 4.40. The normalized spacial score (nSPS) is 16.4. The lowest BCUT2D eigenvalue weighted by molar-refractivity contribution is -0.127. The van der Waals surface area contributed by atoms with E-state index in [1.54, 1.807) is 18.2 Å². The quantitative estimate of drug-likeness (QED) is 0.780. The summed E-state index contributed by atoms with van der Waals surface area (Å²) in [5, 5.41) is 11.5. The number of carbonyl (C=O) groups is 1. The van der Waals surface area contributed by atoms with Crippen molar-refractivity contribution in [1.82, 2.24) is 20.5 Å². The molecule has 0 spiro atoms. The molecule has 1 atom stereocenters. The Balaban J connectivity index is 1.42. The minimum atomic E-state index is -0.188. The van der Waals surface area contributed by atoms with Gasteiger partial charge in [-0.05, 0) is 53.8 Å². The standard InChI is InChI=1S/C18H17ClN4O2/c19-13-8-9-16-17(10-13)23(22-21-16)25-11-18(24)20-15-7-3-5-12-4-1-2-6-14(12)15/h1-2,4,6,8-10,15H,3,5,7,11H2,(H,20,24). The molecular formula is C18H17ClN4O2. The molecule has 4 rings (SSSR count).